The fourth-order valence-electron chi connectivity index (χ4n) is 0.812. The summed E-state index contributed by atoms with van der Waals surface area (Å²) < 4.78 is 0. The lowest BCUT2D eigenvalue weighted by Crippen LogP contribution is -1.67. The average molecular weight is 102 g/mol. The lowest BCUT2D eigenvalue weighted by molar-refractivity contribution is 1.43. The van der Waals surface area contributed by atoms with Crippen LogP contribution in [0.2, 0.25) is 0 Å². The summed E-state index contributed by atoms with van der Waals surface area (Å²) in [5.74, 6) is 0. The largest absolute Gasteiger partial charge is 0.256 e. The Morgan fingerprint density at radius 1 is 1.38 bits per heavy atom. The maximum atomic E-state index is 4.05. The van der Waals surface area contributed by atoms with Crippen molar-refractivity contribution in [3.63, 3.8) is 0 Å². The fraction of sp³-hybridized carbons (Fsp3) is 0. The molecule has 0 N–H and O–H groups in total. The Morgan fingerprint density at radius 3 is 3.25 bits per heavy atom. The molecular weight excluding hydrogens is 98.1 g/mol. The minimum absolute atomic E-state index is 1.05. The molecule has 2 rings (SSSR count). The van der Waals surface area contributed by atoms with Gasteiger partial charge in [0.05, 0.1) is 5.70 Å². The zero-order valence-corrected chi connectivity index (χ0v) is 4.26. The molecule has 0 saturated heterocycles. The molecular formula is C7H4N. The maximum absolute atomic E-state index is 4.05. The van der Waals surface area contributed by atoms with Gasteiger partial charge in [-0.3, -0.25) is 4.99 Å². The van der Waals surface area contributed by atoms with Crippen molar-refractivity contribution in [2.45, 2.75) is 0 Å². The zero-order chi connectivity index (χ0) is 5.40. The van der Waals surface area contributed by atoms with Gasteiger partial charge in [0.2, 0.25) is 0 Å². The summed E-state index contributed by atoms with van der Waals surface area (Å²) in [6.45, 7) is 0. The van der Waals surface area contributed by atoms with E-state index in [9.17, 15) is 0 Å². The van der Waals surface area contributed by atoms with E-state index in [0.29, 0.717) is 0 Å². The van der Waals surface area contributed by atoms with Crippen molar-refractivity contribution in [3.05, 3.63) is 35.6 Å². The van der Waals surface area contributed by atoms with Crippen molar-refractivity contribution < 1.29 is 0 Å². The monoisotopic (exact) mass is 102 g/mol. The molecule has 0 aromatic heterocycles. The Kier molecular flexibility index (Phi) is 0.570. The number of fused-ring (bicyclic) bond motifs is 1. The van der Waals surface area contributed by atoms with E-state index in [1.165, 1.54) is 0 Å². The third-order valence-corrected chi connectivity index (χ3v) is 1.21. The first-order valence-electron chi connectivity index (χ1n) is 2.51. The minimum atomic E-state index is 1.05. The van der Waals surface area contributed by atoms with E-state index in [2.05, 4.69) is 11.1 Å². The van der Waals surface area contributed by atoms with Crippen molar-refractivity contribution in [2.24, 2.45) is 4.99 Å². The number of hydrogen-bond acceptors (Lipinski definition) is 1. The Morgan fingerprint density at radius 2 is 2.38 bits per heavy atom. The summed E-state index contributed by atoms with van der Waals surface area (Å²) in [4.78, 5) is 4.05. The van der Waals surface area contributed by atoms with Gasteiger partial charge in [-0.15, -0.1) is 0 Å². The average Bonchev–Trinajstić information content (AvgIpc) is 2.15. The molecule has 0 aromatic carbocycles. The van der Waals surface area contributed by atoms with Gasteiger partial charge in [0.25, 0.3) is 0 Å². The summed E-state index contributed by atoms with van der Waals surface area (Å²) in [6.07, 6.45) is 10.6. The third-order valence-electron chi connectivity index (χ3n) is 1.21. The van der Waals surface area contributed by atoms with Gasteiger partial charge in [-0.2, -0.15) is 0 Å². The Labute approximate surface area is 47.7 Å². The fourth-order valence-corrected chi connectivity index (χ4v) is 0.812. The summed E-state index contributed by atoms with van der Waals surface area (Å²) in [5.41, 5.74) is 2.16. The highest BCUT2D eigenvalue weighted by Gasteiger charge is 2.06. The van der Waals surface area contributed by atoms with Crippen LogP contribution >= 0.6 is 0 Å². The van der Waals surface area contributed by atoms with E-state index < -0.39 is 0 Å². The van der Waals surface area contributed by atoms with E-state index in [-0.39, 0.29) is 0 Å². The van der Waals surface area contributed by atoms with E-state index in [1.807, 2.05) is 18.2 Å². The molecule has 0 bridgehead atoms. The van der Waals surface area contributed by atoms with Crippen LogP contribution in [-0.4, -0.2) is 6.21 Å². The van der Waals surface area contributed by atoms with Gasteiger partial charge in [-0.25, -0.2) is 0 Å². The molecule has 0 unspecified atom stereocenters. The standard InChI is InChI=1S/C7H4N/c1-2-6-4-5-8-7(6)3-1/h1,3-5H. The van der Waals surface area contributed by atoms with Gasteiger partial charge in [-0.1, -0.05) is 6.08 Å². The molecule has 0 saturated carbocycles. The predicted octanol–water partition coefficient (Wildman–Crippen LogP) is 1.25. The van der Waals surface area contributed by atoms with Crippen LogP contribution < -0.4 is 0 Å². The van der Waals surface area contributed by atoms with E-state index in [0.717, 1.165) is 11.3 Å². The van der Waals surface area contributed by atoms with Crippen molar-refractivity contribution >= 4 is 6.21 Å². The molecule has 1 heteroatoms. The normalized spacial score (nSPS) is 21.0. The molecule has 0 aromatic rings. The second-order valence-electron chi connectivity index (χ2n) is 1.72. The molecule has 8 heavy (non-hydrogen) atoms. The Bertz CT molecular complexity index is 203. The summed E-state index contributed by atoms with van der Waals surface area (Å²) >= 11 is 0. The summed E-state index contributed by atoms with van der Waals surface area (Å²) in [6, 6.07) is 0. The molecule has 1 aliphatic carbocycles. The van der Waals surface area contributed by atoms with Crippen molar-refractivity contribution in [2.75, 3.05) is 0 Å². The number of allylic oxidation sites excluding steroid dienone is 4. The van der Waals surface area contributed by atoms with E-state index in [1.54, 1.807) is 6.21 Å². The van der Waals surface area contributed by atoms with E-state index in [4.69, 9.17) is 0 Å². The molecule has 2 aliphatic rings. The number of aliphatic imine (C=N–C) groups is 1. The van der Waals surface area contributed by atoms with Crippen LogP contribution in [0.4, 0.5) is 0 Å². The lowest BCUT2D eigenvalue weighted by Gasteiger charge is -1.83. The van der Waals surface area contributed by atoms with Crippen molar-refractivity contribution in [1.82, 2.24) is 0 Å². The molecule has 1 aliphatic heterocycles. The smallest absolute Gasteiger partial charge is 0.0708 e. The lowest BCUT2D eigenvalue weighted by atomic mass is 10.3. The molecule has 1 nitrogen and oxygen atoms in total. The number of hydrogen-bond donors (Lipinski definition) is 0. The molecule has 0 atom stereocenters. The minimum Gasteiger partial charge on any atom is -0.256 e. The van der Waals surface area contributed by atoms with Crippen LogP contribution in [-0.2, 0) is 0 Å². The molecule has 37 valence electrons. The van der Waals surface area contributed by atoms with Crippen molar-refractivity contribution in [3.8, 4) is 0 Å². The quantitative estimate of drug-likeness (QED) is 0.436. The number of rotatable bonds is 0. The van der Waals surface area contributed by atoms with Crippen LogP contribution in [0.3, 0.4) is 0 Å². The molecule has 1 heterocycles. The van der Waals surface area contributed by atoms with Crippen LogP contribution in [0.25, 0.3) is 0 Å². The zero-order valence-electron chi connectivity index (χ0n) is 4.26. The first-order valence-corrected chi connectivity index (χ1v) is 2.51. The van der Waals surface area contributed by atoms with Crippen LogP contribution in [0, 0.1) is 6.08 Å². The van der Waals surface area contributed by atoms with E-state index >= 15 is 0 Å². The Balaban J connectivity index is 2.59. The van der Waals surface area contributed by atoms with Gasteiger partial charge in [0, 0.05) is 11.8 Å². The van der Waals surface area contributed by atoms with Crippen LogP contribution in [0.1, 0.15) is 0 Å². The van der Waals surface area contributed by atoms with Gasteiger partial charge in [-0.05, 0) is 18.2 Å². The van der Waals surface area contributed by atoms with Crippen LogP contribution in [0.15, 0.2) is 34.5 Å². The van der Waals surface area contributed by atoms with Gasteiger partial charge >= 0.3 is 0 Å². The Hall–Kier alpha value is -1.11. The van der Waals surface area contributed by atoms with Gasteiger partial charge in [0.15, 0.2) is 0 Å². The second kappa shape index (κ2) is 1.19. The highest BCUT2D eigenvalue weighted by Crippen LogP contribution is 2.20. The van der Waals surface area contributed by atoms with Gasteiger partial charge < -0.3 is 0 Å². The summed E-state index contributed by atoms with van der Waals surface area (Å²) in [7, 11) is 0. The molecule has 0 amide bonds. The second-order valence-corrected chi connectivity index (χ2v) is 1.72. The summed E-state index contributed by atoms with van der Waals surface area (Å²) in [5, 5.41) is 0. The molecule has 0 spiro atoms. The first kappa shape index (κ1) is 3.84. The SMILES string of the molecule is [C]1=CC=C2N=CC=C12. The van der Waals surface area contributed by atoms with Gasteiger partial charge in [0.1, 0.15) is 0 Å². The maximum Gasteiger partial charge on any atom is 0.0708 e. The van der Waals surface area contributed by atoms with Crippen molar-refractivity contribution in [1.29, 1.82) is 0 Å². The highest BCUT2D eigenvalue weighted by molar-refractivity contribution is 5.81. The number of nitrogens with zero attached hydrogens (tertiary/aromatic N) is 1. The highest BCUT2D eigenvalue weighted by atomic mass is 14.8. The molecule has 1 radical (unpaired) electrons. The van der Waals surface area contributed by atoms with Crippen LogP contribution in [0.5, 0.6) is 0 Å². The molecule has 0 fully saturated rings. The topological polar surface area (TPSA) is 12.4 Å². The third kappa shape index (κ3) is 0.334. The first-order chi connectivity index (χ1) is 3.97. The predicted molar refractivity (Wildman–Crippen MR) is 32.5 cm³/mol.